The van der Waals surface area contributed by atoms with Gasteiger partial charge in [0.1, 0.15) is 5.75 Å². The Labute approximate surface area is 212 Å². The molecule has 2 heterocycles. The van der Waals surface area contributed by atoms with Crippen molar-refractivity contribution in [1.82, 2.24) is 9.80 Å². The van der Waals surface area contributed by atoms with Gasteiger partial charge in [0.25, 0.3) is 0 Å². The SMILES string of the molecule is COc1ccc(CCN2CCN(C(=O)C3CC(=O)N(c4cc(OC)c(OC)c(OC)c4)C3)CC2)cc1. The molecule has 0 N–H and O–H groups in total. The number of piperazine rings is 1. The summed E-state index contributed by atoms with van der Waals surface area (Å²) in [5.74, 6) is 1.88. The number of hydrogen-bond acceptors (Lipinski definition) is 7. The summed E-state index contributed by atoms with van der Waals surface area (Å²) >= 11 is 0. The van der Waals surface area contributed by atoms with Crippen molar-refractivity contribution in [2.45, 2.75) is 12.8 Å². The number of benzene rings is 2. The number of anilines is 1. The Balaban J connectivity index is 1.32. The molecule has 2 aromatic carbocycles. The van der Waals surface area contributed by atoms with Crippen LogP contribution < -0.4 is 23.8 Å². The van der Waals surface area contributed by atoms with Crippen LogP contribution in [0.15, 0.2) is 36.4 Å². The number of rotatable bonds is 9. The van der Waals surface area contributed by atoms with Crippen LogP contribution in [-0.2, 0) is 16.0 Å². The van der Waals surface area contributed by atoms with Crippen molar-refractivity contribution in [3.8, 4) is 23.0 Å². The Morgan fingerprint density at radius 1 is 0.889 bits per heavy atom. The third-order valence-electron chi connectivity index (χ3n) is 7.00. The van der Waals surface area contributed by atoms with Gasteiger partial charge in [-0.2, -0.15) is 0 Å². The maximum atomic E-state index is 13.3. The first-order valence-electron chi connectivity index (χ1n) is 12.2. The van der Waals surface area contributed by atoms with E-state index in [4.69, 9.17) is 18.9 Å². The molecule has 2 aliphatic heterocycles. The molecule has 2 saturated heterocycles. The van der Waals surface area contributed by atoms with Gasteiger partial charge < -0.3 is 28.7 Å². The second-order valence-electron chi connectivity index (χ2n) is 9.05. The largest absolute Gasteiger partial charge is 0.497 e. The Bertz CT molecular complexity index is 1040. The molecular formula is C27H35N3O6. The van der Waals surface area contributed by atoms with E-state index in [0.717, 1.165) is 31.8 Å². The molecule has 2 aromatic rings. The fourth-order valence-corrected chi connectivity index (χ4v) is 4.88. The first-order chi connectivity index (χ1) is 17.5. The molecule has 9 nitrogen and oxygen atoms in total. The normalized spacial score (nSPS) is 18.3. The van der Waals surface area contributed by atoms with Gasteiger partial charge in [-0.15, -0.1) is 0 Å². The predicted octanol–water partition coefficient (Wildman–Crippen LogP) is 2.46. The number of methoxy groups -OCH3 is 4. The lowest BCUT2D eigenvalue weighted by atomic mass is 10.1. The number of hydrogen-bond donors (Lipinski definition) is 0. The zero-order valence-electron chi connectivity index (χ0n) is 21.5. The maximum absolute atomic E-state index is 13.3. The molecule has 2 amide bonds. The quantitative estimate of drug-likeness (QED) is 0.527. The monoisotopic (exact) mass is 497 g/mol. The number of carbonyl (C=O) groups is 2. The fourth-order valence-electron chi connectivity index (χ4n) is 4.88. The first-order valence-corrected chi connectivity index (χ1v) is 12.2. The van der Waals surface area contributed by atoms with Gasteiger partial charge in [0.05, 0.1) is 40.0 Å². The van der Waals surface area contributed by atoms with Crippen molar-refractivity contribution < 1.29 is 28.5 Å². The Morgan fingerprint density at radius 2 is 1.53 bits per heavy atom. The van der Waals surface area contributed by atoms with Crippen molar-refractivity contribution in [3.63, 3.8) is 0 Å². The zero-order chi connectivity index (χ0) is 25.7. The highest BCUT2D eigenvalue weighted by molar-refractivity contribution is 6.00. The third kappa shape index (κ3) is 5.51. The molecule has 1 unspecified atom stereocenters. The van der Waals surface area contributed by atoms with Crippen LogP contribution in [-0.4, -0.2) is 89.3 Å². The maximum Gasteiger partial charge on any atom is 0.228 e. The summed E-state index contributed by atoms with van der Waals surface area (Å²) in [6, 6.07) is 11.6. The second-order valence-corrected chi connectivity index (χ2v) is 9.05. The molecular weight excluding hydrogens is 462 g/mol. The summed E-state index contributed by atoms with van der Waals surface area (Å²) < 4.78 is 21.4. The molecule has 2 fully saturated rings. The van der Waals surface area contributed by atoms with Crippen LogP contribution >= 0.6 is 0 Å². The van der Waals surface area contributed by atoms with Crippen molar-refractivity contribution >= 4 is 17.5 Å². The molecule has 194 valence electrons. The molecule has 0 saturated carbocycles. The molecule has 1 atom stereocenters. The summed E-state index contributed by atoms with van der Waals surface area (Å²) in [7, 11) is 6.28. The van der Waals surface area contributed by atoms with Gasteiger partial charge in [-0.1, -0.05) is 12.1 Å². The minimum atomic E-state index is -0.359. The number of carbonyl (C=O) groups excluding carboxylic acids is 2. The van der Waals surface area contributed by atoms with E-state index < -0.39 is 0 Å². The van der Waals surface area contributed by atoms with Gasteiger partial charge >= 0.3 is 0 Å². The van der Waals surface area contributed by atoms with Gasteiger partial charge in [-0.25, -0.2) is 0 Å². The topological polar surface area (TPSA) is 80.8 Å². The lowest BCUT2D eigenvalue weighted by Crippen LogP contribution is -2.51. The summed E-state index contributed by atoms with van der Waals surface area (Å²) in [4.78, 5) is 32.1. The van der Waals surface area contributed by atoms with E-state index in [1.807, 2.05) is 17.0 Å². The van der Waals surface area contributed by atoms with Crippen molar-refractivity contribution in [1.29, 1.82) is 0 Å². The van der Waals surface area contributed by atoms with Crippen LogP contribution in [0.4, 0.5) is 5.69 Å². The standard InChI is InChI=1S/C27H35N3O6/c1-33-22-7-5-19(6-8-22)9-10-28-11-13-29(14-12-28)27(32)20-15-25(31)30(18-20)21-16-23(34-2)26(36-4)24(17-21)35-3/h5-8,16-17,20H,9-15,18H2,1-4H3. The van der Waals surface area contributed by atoms with E-state index in [-0.39, 0.29) is 24.2 Å². The Morgan fingerprint density at radius 3 is 2.08 bits per heavy atom. The molecule has 9 heteroatoms. The first kappa shape index (κ1) is 25.6. The highest BCUT2D eigenvalue weighted by atomic mass is 16.5. The minimum Gasteiger partial charge on any atom is -0.497 e. The third-order valence-corrected chi connectivity index (χ3v) is 7.00. The fraction of sp³-hybridized carbons (Fsp3) is 0.481. The van der Waals surface area contributed by atoms with Gasteiger partial charge in [-0.3, -0.25) is 14.5 Å². The Kier molecular flexibility index (Phi) is 8.20. The van der Waals surface area contributed by atoms with E-state index in [2.05, 4.69) is 17.0 Å². The summed E-state index contributed by atoms with van der Waals surface area (Å²) in [5, 5.41) is 0. The lowest BCUT2D eigenvalue weighted by Gasteiger charge is -2.36. The molecule has 0 aliphatic carbocycles. The number of nitrogens with zero attached hydrogens (tertiary/aromatic N) is 3. The van der Waals surface area contributed by atoms with Crippen LogP contribution in [0.5, 0.6) is 23.0 Å². The molecule has 36 heavy (non-hydrogen) atoms. The summed E-state index contributed by atoms with van der Waals surface area (Å²) in [6.45, 7) is 4.31. The van der Waals surface area contributed by atoms with Crippen molar-refractivity contribution in [2.24, 2.45) is 5.92 Å². The van der Waals surface area contributed by atoms with Crippen LogP contribution in [0.3, 0.4) is 0 Å². The van der Waals surface area contributed by atoms with Gasteiger partial charge in [0.15, 0.2) is 11.5 Å². The summed E-state index contributed by atoms with van der Waals surface area (Å²) in [5.41, 5.74) is 1.90. The molecule has 2 aliphatic rings. The van der Waals surface area contributed by atoms with E-state index in [9.17, 15) is 9.59 Å². The lowest BCUT2D eigenvalue weighted by molar-refractivity contribution is -0.137. The molecule has 0 spiro atoms. The van der Waals surface area contributed by atoms with Crippen LogP contribution in [0, 0.1) is 5.92 Å². The van der Waals surface area contributed by atoms with Crippen molar-refractivity contribution in [3.05, 3.63) is 42.0 Å². The van der Waals surface area contributed by atoms with Gasteiger partial charge in [0.2, 0.25) is 17.6 Å². The average Bonchev–Trinajstić information content (AvgIpc) is 3.32. The molecule has 0 bridgehead atoms. The van der Waals surface area contributed by atoms with E-state index in [1.54, 1.807) is 24.1 Å². The zero-order valence-corrected chi connectivity index (χ0v) is 21.5. The molecule has 0 radical (unpaired) electrons. The second kappa shape index (κ2) is 11.5. The van der Waals surface area contributed by atoms with Crippen LogP contribution in [0.2, 0.25) is 0 Å². The molecule has 0 aromatic heterocycles. The van der Waals surface area contributed by atoms with Gasteiger partial charge in [0, 0.05) is 57.8 Å². The van der Waals surface area contributed by atoms with E-state index >= 15 is 0 Å². The predicted molar refractivity (Wildman–Crippen MR) is 136 cm³/mol. The minimum absolute atomic E-state index is 0.0492. The highest BCUT2D eigenvalue weighted by Gasteiger charge is 2.38. The highest BCUT2D eigenvalue weighted by Crippen LogP contribution is 2.42. The summed E-state index contributed by atoms with van der Waals surface area (Å²) in [6.07, 6.45) is 1.16. The average molecular weight is 498 g/mol. The van der Waals surface area contributed by atoms with Crippen LogP contribution in [0.25, 0.3) is 0 Å². The van der Waals surface area contributed by atoms with Crippen molar-refractivity contribution in [2.75, 3.05) is 72.6 Å². The number of ether oxygens (including phenoxy) is 4. The van der Waals surface area contributed by atoms with Crippen LogP contribution in [0.1, 0.15) is 12.0 Å². The van der Waals surface area contributed by atoms with E-state index in [0.29, 0.717) is 42.6 Å². The molecule has 4 rings (SSSR count). The smallest absolute Gasteiger partial charge is 0.228 e. The number of amides is 2. The van der Waals surface area contributed by atoms with E-state index in [1.165, 1.54) is 26.9 Å². The Hall–Kier alpha value is -3.46. The van der Waals surface area contributed by atoms with Gasteiger partial charge in [-0.05, 0) is 24.1 Å².